The number of urea groups is 2. The third-order valence-electron chi connectivity index (χ3n) is 14.3. The van der Waals surface area contributed by atoms with Gasteiger partial charge in [-0.2, -0.15) is 0 Å². The Kier molecular flexibility index (Phi) is 17.3. The molecule has 8 rings (SSSR count). The van der Waals surface area contributed by atoms with Crippen molar-refractivity contribution in [3.05, 3.63) is 96.3 Å². The Morgan fingerprint density at radius 1 is 0.643 bits per heavy atom. The SMILES string of the molecule is CCN(CC)CC1CCCCN1C(C)(C)CNC(=O)N1c2ccccc2C(=O)Nc2cccnc21.CCN(CC)CC1CCCCN1CC(C)(C)NC(=O)N1c2ccccc2C(=O)Nc2cccnc21. The second-order valence-corrected chi connectivity index (χ2v) is 20.1. The lowest BCUT2D eigenvalue weighted by atomic mass is 9.92. The zero-order chi connectivity index (χ0) is 50.0. The summed E-state index contributed by atoms with van der Waals surface area (Å²) in [7, 11) is 0. The number of likely N-dealkylation sites (N-methyl/N-ethyl adjacent to an activating group) is 2. The number of benzene rings is 2. The van der Waals surface area contributed by atoms with E-state index in [1.165, 1.54) is 48.3 Å². The number of anilines is 6. The van der Waals surface area contributed by atoms with Crippen molar-refractivity contribution in [2.45, 2.75) is 117 Å². The number of nitrogens with zero attached hydrogens (tertiary/aromatic N) is 8. The summed E-state index contributed by atoms with van der Waals surface area (Å²) < 4.78 is 0. The number of pyridine rings is 2. The minimum Gasteiger partial charge on any atom is -0.336 e. The standard InChI is InChI=1S/2C27H38N6O2/c1-5-31(6-2)18-20-12-9-10-17-32(20)19-27(3,4)30-26(35)33-23-15-8-7-13-21(23)25(34)29-22-14-11-16-28-24(22)33;1-5-31(6-2)18-20-12-9-10-17-32(20)27(3,4)19-29-26(35)33-23-15-8-7-13-21(23)25(34)30-22-14-11-16-28-24(22)33/h7-8,11,13-16,20H,5-6,9-10,12,17-19H2,1-4H3,(H,29,34)(H,30,35);7-8,11,13-16,20H,5-6,9-10,12,17-19H2,1-4H3,(H,29,35)(H,30,34). The number of carbonyl (C=O) groups is 4. The lowest BCUT2D eigenvalue weighted by molar-refractivity contribution is 0.0239. The van der Waals surface area contributed by atoms with Crippen molar-refractivity contribution >= 4 is 58.3 Å². The van der Waals surface area contributed by atoms with Crippen LogP contribution in [0, 0.1) is 0 Å². The molecule has 0 bridgehead atoms. The molecule has 2 aromatic heterocycles. The lowest BCUT2D eigenvalue weighted by Crippen LogP contribution is -2.60. The minimum atomic E-state index is -0.483. The highest BCUT2D eigenvalue weighted by Crippen LogP contribution is 2.38. The van der Waals surface area contributed by atoms with Crippen molar-refractivity contribution in [1.82, 2.24) is 40.2 Å². The highest BCUT2D eigenvalue weighted by molar-refractivity contribution is 6.18. The molecule has 70 heavy (non-hydrogen) atoms. The Labute approximate surface area is 415 Å². The van der Waals surface area contributed by atoms with Gasteiger partial charge in [-0.15, -0.1) is 0 Å². The zero-order valence-electron chi connectivity index (χ0n) is 42.8. The normalized spacial score (nSPS) is 18.5. The molecule has 0 spiro atoms. The van der Waals surface area contributed by atoms with Crippen molar-refractivity contribution < 1.29 is 19.2 Å². The Morgan fingerprint density at radius 2 is 1.13 bits per heavy atom. The molecule has 2 saturated heterocycles. The van der Waals surface area contributed by atoms with Crippen molar-refractivity contribution in [1.29, 1.82) is 0 Å². The van der Waals surface area contributed by atoms with Gasteiger partial charge in [-0.3, -0.25) is 19.4 Å². The molecule has 0 saturated carbocycles. The molecule has 2 aromatic carbocycles. The van der Waals surface area contributed by atoms with Gasteiger partial charge in [0.25, 0.3) is 11.8 Å². The van der Waals surface area contributed by atoms with Gasteiger partial charge in [0.05, 0.1) is 33.9 Å². The van der Waals surface area contributed by atoms with Crippen molar-refractivity contribution in [2.24, 2.45) is 0 Å². The van der Waals surface area contributed by atoms with Crippen LogP contribution in [0.25, 0.3) is 0 Å². The molecule has 4 aromatic rings. The number of para-hydroxylation sites is 2. The van der Waals surface area contributed by atoms with Crippen LogP contribution < -0.4 is 31.1 Å². The Bertz CT molecular complexity index is 2440. The van der Waals surface area contributed by atoms with Gasteiger partial charge in [0.1, 0.15) is 0 Å². The zero-order valence-corrected chi connectivity index (χ0v) is 42.8. The smallest absolute Gasteiger partial charge is 0.328 e. The van der Waals surface area contributed by atoms with Gasteiger partial charge in [0, 0.05) is 61.7 Å². The van der Waals surface area contributed by atoms with Gasteiger partial charge in [0.15, 0.2) is 11.6 Å². The number of piperidine rings is 2. The van der Waals surface area contributed by atoms with Crippen LogP contribution in [0.3, 0.4) is 0 Å². The van der Waals surface area contributed by atoms with Gasteiger partial charge in [-0.25, -0.2) is 29.4 Å². The van der Waals surface area contributed by atoms with E-state index >= 15 is 0 Å². The van der Waals surface area contributed by atoms with Gasteiger partial charge in [0.2, 0.25) is 0 Å². The molecule has 16 nitrogen and oxygen atoms in total. The van der Waals surface area contributed by atoms with E-state index in [9.17, 15) is 19.2 Å². The number of hydrogen-bond acceptors (Lipinski definition) is 10. The average Bonchev–Trinajstić information content (AvgIpc) is 3.57. The Hall–Kier alpha value is -5.94. The Balaban J connectivity index is 0.000000206. The number of rotatable bonds is 14. The third-order valence-corrected chi connectivity index (χ3v) is 14.3. The lowest BCUT2D eigenvalue weighted by Gasteiger charge is -2.47. The Morgan fingerprint density at radius 3 is 1.67 bits per heavy atom. The molecular formula is C54H76N12O4. The summed E-state index contributed by atoms with van der Waals surface area (Å²) in [6, 6.07) is 21.7. The second kappa shape index (κ2) is 23.3. The fourth-order valence-corrected chi connectivity index (χ4v) is 10.5. The number of likely N-dealkylation sites (tertiary alicyclic amines) is 2. The van der Waals surface area contributed by atoms with E-state index in [0.717, 1.165) is 58.9 Å². The van der Waals surface area contributed by atoms with Gasteiger partial charge < -0.3 is 31.1 Å². The predicted octanol–water partition coefficient (Wildman–Crippen LogP) is 8.94. The number of fused-ring (bicyclic) bond motifs is 4. The fourth-order valence-electron chi connectivity index (χ4n) is 10.5. The topological polar surface area (TPSA) is 162 Å². The maximum Gasteiger partial charge on any atom is 0.328 e. The number of carbonyl (C=O) groups excluding carboxylic acids is 4. The first kappa shape index (κ1) is 51.9. The van der Waals surface area contributed by atoms with E-state index in [1.54, 1.807) is 73.1 Å². The maximum atomic E-state index is 13.8. The highest BCUT2D eigenvalue weighted by atomic mass is 16.2. The number of aromatic nitrogens is 2. The molecule has 16 heteroatoms. The van der Waals surface area contributed by atoms with Crippen LogP contribution in [0.4, 0.5) is 44.0 Å². The summed E-state index contributed by atoms with van der Waals surface area (Å²) in [6.07, 6.45) is 10.5. The molecule has 4 N–H and O–H groups in total. The number of hydrogen-bond donors (Lipinski definition) is 4. The van der Waals surface area contributed by atoms with Crippen LogP contribution >= 0.6 is 0 Å². The fraction of sp³-hybridized carbons (Fsp3) is 0.519. The molecular weight excluding hydrogens is 881 g/mol. The van der Waals surface area contributed by atoms with Crippen LogP contribution in [-0.2, 0) is 0 Å². The van der Waals surface area contributed by atoms with Crippen molar-refractivity contribution in [3.63, 3.8) is 0 Å². The minimum absolute atomic E-state index is 0.222. The van der Waals surface area contributed by atoms with E-state index in [1.807, 2.05) is 12.1 Å². The quantitative estimate of drug-likeness (QED) is 0.0961. The van der Waals surface area contributed by atoms with E-state index in [0.29, 0.717) is 64.1 Å². The van der Waals surface area contributed by atoms with Crippen LogP contribution in [0.5, 0.6) is 0 Å². The first-order valence-electron chi connectivity index (χ1n) is 25.5. The summed E-state index contributed by atoms with van der Waals surface area (Å²) in [6.45, 7) is 27.0. The van der Waals surface area contributed by atoms with E-state index in [-0.39, 0.29) is 29.4 Å². The van der Waals surface area contributed by atoms with Gasteiger partial charge in [-0.1, -0.05) is 64.8 Å². The molecule has 4 aliphatic rings. The summed E-state index contributed by atoms with van der Waals surface area (Å²) in [5, 5.41) is 12.2. The number of amides is 6. The molecule has 0 aliphatic carbocycles. The van der Waals surface area contributed by atoms with Crippen LogP contribution in [-0.4, -0.2) is 142 Å². The molecule has 2 fully saturated rings. The summed E-state index contributed by atoms with van der Waals surface area (Å²) >= 11 is 0. The first-order chi connectivity index (χ1) is 33.7. The van der Waals surface area contributed by atoms with E-state index in [2.05, 4.69) is 106 Å². The summed E-state index contributed by atoms with van der Waals surface area (Å²) in [5.41, 5.74) is 2.24. The monoisotopic (exact) mass is 957 g/mol. The van der Waals surface area contributed by atoms with E-state index < -0.39 is 5.54 Å². The van der Waals surface area contributed by atoms with Gasteiger partial charge >= 0.3 is 12.1 Å². The van der Waals surface area contributed by atoms with Gasteiger partial charge in [-0.05, 0) is 141 Å². The summed E-state index contributed by atoms with van der Waals surface area (Å²) in [5.74, 6) is 0.324. The first-order valence-corrected chi connectivity index (χ1v) is 25.5. The highest BCUT2D eigenvalue weighted by Gasteiger charge is 2.38. The molecule has 2 unspecified atom stereocenters. The molecule has 6 heterocycles. The van der Waals surface area contributed by atoms with Crippen LogP contribution in [0.2, 0.25) is 0 Å². The van der Waals surface area contributed by atoms with Crippen LogP contribution in [0.1, 0.15) is 115 Å². The molecule has 6 amide bonds. The summed E-state index contributed by atoms with van der Waals surface area (Å²) in [4.78, 5) is 75.2. The maximum absolute atomic E-state index is 13.8. The molecule has 4 aliphatic heterocycles. The van der Waals surface area contributed by atoms with Crippen LogP contribution in [0.15, 0.2) is 85.2 Å². The molecule has 2 atom stereocenters. The second-order valence-electron chi connectivity index (χ2n) is 20.1. The van der Waals surface area contributed by atoms with E-state index in [4.69, 9.17) is 0 Å². The van der Waals surface area contributed by atoms with Crippen molar-refractivity contribution in [2.75, 3.05) is 85.9 Å². The van der Waals surface area contributed by atoms with Crippen molar-refractivity contribution in [3.8, 4) is 0 Å². The predicted molar refractivity (Wildman–Crippen MR) is 281 cm³/mol. The third kappa shape index (κ3) is 12.1. The number of nitrogens with one attached hydrogen (secondary N) is 4. The molecule has 376 valence electrons. The largest absolute Gasteiger partial charge is 0.336 e. The molecule has 0 radical (unpaired) electrons. The average molecular weight is 957 g/mol.